The molecule has 4 aromatic rings. The van der Waals surface area contributed by atoms with Gasteiger partial charge < -0.3 is 20.9 Å². The minimum Gasteiger partial charge on any atom is -0.506 e. The van der Waals surface area contributed by atoms with Crippen molar-refractivity contribution in [3.8, 4) is 17.0 Å². The predicted molar refractivity (Wildman–Crippen MR) is 113 cm³/mol. The van der Waals surface area contributed by atoms with E-state index < -0.39 is 5.97 Å². The van der Waals surface area contributed by atoms with Crippen LogP contribution in [0.4, 0.5) is 5.82 Å². The number of halogens is 1. The molecule has 0 radical (unpaired) electrons. The van der Waals surface area contributed by atoms with Crippen LogP contribution < -0.4 is 5.73 Å². The van der Waals surface area contributed by atoms with Gasteiger partial charge in [-0.1, -0.05) is 41.9 Å². The number of nitrogen functional groups attached to an aromatic ring is 1. The molecular weight excluding hydrogens is 390 g/mol. The number of hydrogen-bond acceptors (Lipinski definition) is 4. The molecule has 0 fully saturated rings. The van der Waals surface area contributed by atoms with Gasteiger partial charge in [0.1, 0.15) is 11.6 Å². The lowest BCUT2D eigenvalue weighted by atomic mass is 9.98. The fourth-order valence-corrected chi connectivity index (χ4v) is 3.70. The van der Waals surface area contributed by atoms with Gasteiger partial charge in [-0.2, -0.15) is 0 Å². The maximum atomic E-state index is 11.2. The van der Waals surface area contributed by atoms with Crippen LogP contribution in [-0.4, -0.2) is 26.2 Å². The standard InChI is InChI=1S/C22H18ClN3O3/c23-16-10-13(11-19(27)28)9-15(22(16)29)20-14(8-12-4-2-1-3-5-12)21-17(25-20)6-7-18(24)26-21/h1-7,9-10,25,29H,8,11H2,(H2,24,26)(H,27,28). The molecule has 0 saturated carbocycles. The molecular formula is C22H18ClN3O3. The number of H-pyrrole nitrogens is 1. The summed E-state index contributed by atoms with van der Waals surface area (Å²) < 4.78 is 0. The maximum absolute atomic E-state index is 11.2. The van der Waals surface area contributed by atoms with Crippen molar-refractivity contribution in [3.63, 3.8) is 0 Å². The van der Waals surface area contributed by atoms with Crippen LogP contribution in [0.3, 0.4) is 0 Å². The Bertz CT molecular complexity index is 1220. The molecule has 6 nitrogen and oxygen atoms in total. The summed E-state index contributed by atoms with van der Waals surface area (Å²) in [5.41, 5.74) is 10.8. The molecule has 0 bridgehead atoms. The molecule has 0 amide bonds. The number of nitrogens with two attached hydrogens (primary N) is 1. The number of carboxylic acid groups (broad SMARTS) is 1. The fraction of sp³-hybridized carbons (Fsp3) is 0.0909. The van der Waals surface area contributed by atoms with Gasteiger partial charge in [-0.15, -0.1) is 0 Å². The number of pyridine rings is 1. The molecule has 4 rings (SSSR count). The van der Waals surface area contributed by atoms with Crippen LogP contribution in [0.25, 0.3) is 22.3 Å². The van der Waals surface area contributed by atoms with E-state index >= 15 is 0 Å². The van der Waals surface area contributed by atoms with Crippen LogP contribution in [0, 0.1) is 0 Å². The highest BCUT2D eigenvalue weighted by atomic mass is 35.5. The van der Waals surface area contributed by atoms with E-state index in [0.717, 1.165) is 16.6 Å². The van der Waals surface area contributed by atoms with E-state index in [1.807, 2.05) is 36.4 Å². The van der Waals surface area contributed by atoms with Crippen molar-refractivity contribution in [1.82, 2.24) is 9.97 Å². The Kier molecular flexibility index (Phi) is 4.86. The number of phenolic OH excluding ortho intramolecular Hbond substituents is 1. The summed E-state index contributed by atoms with van der Waals surface area (Å²) in [5.74, 6) is -0.706. The van der Waals surface area contributed by atoms with Gasteiger partial charge in [-0.05, 0) is 35.4 Å². The Balaban J connectivity index is 1.95. The molecule has 0 aliphatic carbocycles. The van der Waals surface area contributed by atoms with Gasteiger partial charge in [0.15, 0.2) is 0 Å². The molecule has 2 aromatic heterocycles. The second-order valence-corrected chi connectivity index (χ2v) is 7.22. The minimum absolute atomic E-state index is 0.0931. The number of carbonyl (C=O) groups is 1. The Labute approximate surface area is 171 Å². The zero-order valence-electron chi connectivity index (χ0n) is 15.3. The second kappa shape index (κ2) is 7.48. The van der Waals surface area contributed by atoms with E-state index in [2.05, 4.69) is 9.97 Å². The number of nitrogens with zero attached hydrogens (tertiary/aromatic N) is 1. The van der Waals surface area contributed by atoms with Crippen molar-refractivity contribution in [2.75, 3.05) is 5.73 Å². The van der Waals surface area contributed by atoms with Crippen LogP contribution in [0.15, 0.2) is 54.6 Å². The quantitative estimate of drug-likeness (QED) is 0.392. The first-order chi connectivity index (χ1) is 13.9. The fourth-order valence-electron chi connectivity index (χ4n) is 3.46. The highest BCUT2D eigenvalue weighted by Crippen LogP contribution is 2.40. The summed E-state index contributed by atoms with van der Waals surface area (Å²) in [6.45, 7) is 0. The monoisotopic (exact) mass is 407 g/mol. The van der Waals surface area contributed by atoms with E-state index in [-0.39, 0.29) is 17.2 Å². The Morgan fingerprint density at radius 2 is 1.86 bits per heavy atom. The van der Waals surface area contributed by atoms with Crippen LogP contribution in [0.5, 0.6) is 5.75 Å². The van der Waals surface area contributed by atoms with Crippen molar-refractivity contribution in [1.29, 1.82) is 0 Å². The van der Waals surface area contributed by atoms with Crippen LogP contribution in [0.1, 0.15) is 16.7 Å². The number of fused-ring (bicyclic) bond motifs is 1. The predicted octanol–water partition coefficient (Wildman–Crippen LogP) is 4.39. The summed E-state index contributed by atoms with van der Waals surface area (Å²) in [6.07, 6.45) is 0.347. The first-order valence-corrected chi connectivity index (χ1v) is 9.34. The van der Waals surface area contributed by atoms with Gasteiger partial charge in [0.05, 0.1) is 28.2 Å². The largest absolute Gasteiger partial charge is 0.506 e. The number of anilines is 1. The van der Waals surface area contributed by atoms with Crippen LogP contribution in [0.2, 0.25) is 5.02 Å². The molecule has 2 heterocycles. The van der Waals surface area contributed by atoms with Crippen LogP contribution >= 0.6 is 11.6 Å². The highest BCUT2D eigenvalue weighted by Gasteiger charge is 2.20. The molecule has 0 saturated heterocycles. The van der Waals surface area contributed by atoms with E-state index in [0.29, 0.717) is 34.6 Å². The lowest BCUT2D eigenvalue weighted by Gasteiger charge is -2.11. The van der Waals surface area contributed by atoms with Gasteiger partial charge in [-0.25, -0.2) is 4.98 Å². The number of rotatable bonds is 5. The van der Waals surface area contributed by atoms with Gasteiger partial charge in [0.2, 0.25) is 0 Å². The molecule has 29 heavy (non-hydrogen) atoms. The molecule has 0 unspecified atom stereocenters. The number of hydrogen-bond donors (Lipinski definition) is 4. The normalized spacial score (nSPS) is 11.1. The average molecular weight is 408 g/mol. The van der Waals surface area contributed by atoms with Crippen molar-refractivity contribution in [3.05, 3.63) is 76.3 Å². The smallest absolute Gasteiger partial charge is 0.307 e. The summed E-state index contributed by atoms with van der Waals surface area (Å²) in [7, 11) is 0. The molecule has 2 aromatic carbocycles. The molecule has 0 aliphatic rings. The summed E-state index contributed by atoms with van der Waals surface area (Å²) in [4.78, 5) is 18.9. The average Bonchev–Trinajstić information content (AvgIpc) is 3.02. The van der Waals surface area contributed by atoms with Gasteiger partial charge in [0, 0.05) is 17.5 Å². The van der Waals surface area contributed by atoms with Crippen molar-refractivity contribution in [2.24, 2.45) is 0 Å². The number of aliphatic carboxylic acids is 1. The zero-order chi connectivity index (χ0) is 20.5. The van der Waals surface area contributed by atoms with Crippen molar-refractivity contribution >= 4 is 34.4 Å². The third kappa shape index (κ3) is 3.75. The molecule has 0 spiro atoms. The van der Waals surface area contributed by atoms with E-state index in [1.165, 1.54) is 6.07 Å². The number of aromatic hydroxyl groups is 1. The number of benzene rings is 2. The Morgan fingerprint density at radius 1 is 1.10 bits per heavy atom. The SMILES string of the molecule is Nc1ccc2[nH]c(-c3cc(CC(=O)O)cc(Cl)c3O)c(Cc3ccccc3)c2n1. The van der Waals surface area contributed by atoms with E-state index in [9.17, 15) is 9.90 Å². The number of carboxylic acids is 1. The third-order valence-electron chi connectivity index (χ3n) is 4.74. The third-order valence-corrected chi connectivity index (χ3v) is 5.02. The van der Waals surface area contributed by atoms with Crippen molar-refractivity contribution < 1.29 is 15.0 Å². The van der Waals surface area contributed by atoms with Crippen LogP contribution in [-0.2, 0) is 17.6 Å². The maximum Gasteiger partial charge on any atom is 0.307 e. The molecule has 0 aliphatic heterocycles. The minimum atomic E-state index is -0.978. The number of phenols is 1. The topological polar surface area (TPSA) is 112 Å². The first-order valence-electron chi connectivity index (χ1n) is 8.97. The lowest BCUT2D eigenvalue weighted by Crippen LogP contribution is -2.01. The number of nitrogens with one attached hydrogen (secondary N) is 1. The summed E-state index contributed by atoms with van der Waals surface area (Å²) in [5, 5.41) is 19.9. The summed E-state index contributed by atoms with van der Waals surface area (Å²) >= 11 is 6.20. The summed E-state index contributed by atoms with van der Waals surface area (Å²) in [6, 6.07) is 16.5. The molecule has 5 N–H and O–H groups in total. The van der Waals surface area contributed by atoms with Crippen molar-refractivity contribution in [2.45, 2.75) is 12.8 Å². The Morgan fingerprint density at radius 3 is 2.59 bits per heavy atom. The molecule has 7 heteroatoms. The van der Waals surface area contributed by atoms with E-state index in [4.69, 9.17) is 22.4 Å². The second-order valence-electron chi connectivity index (χ2n) is 6.82. The number of aromatic nitrogens is 2. The zero-order valence-corrected chi connectivity index (χ0v) is 16.1. The van der Waals surface area contributed by atoms with Gasteiger partial charge in [0.25, 0.3) is 0 Å². The van der Waals surface area contributed by atoms with E-state index in [1.54, 1.807) is 12.1 Å². The van der Waals surface area contributed by atoms with Gasteiger partial charge in [-0.3, -0.25) is 4.79 Å². The highest BCUT2D eigenvalue weighted by molar-refractivity contribution is 6.32. The number of aromatic amines is 1. The first kappa shape index (κ1) is 18.8. The Hall–Kier alpha value is -3.51. The van der Waals surface area contributed by atoms with Gasteiger partial charge >= 0.3 is 5.97 Å². The molecule has 146 valence electrons. The lowest BCUT2D eigenvalue weighted by molar-refractivity contribution is -0.136. The molecule has 0 atom stereocenters.